The molecule has 1 aromatic heterocycles. The molecule has 14 heteroatoms. The van der Waals surface area contributed by atoms with Crippen LogP contribution < -0.4 is 5.43 Å². The molecule has 0 amide bonds. The lowest BCUT2D eigenvalue weighted by Gasteiger charge is -2.08. The minimum atomic E-state index is -0.754. The summed E-state index contributed by atoms with van der Waals surface area (Å²) < 4.78 is 18.0. The second kappa shape index (κ2) is 22.1. The highest BCUT2D eigenvalue weighted by Crippen LogP contribution is 2.10. The number of ether oxygens (including phenoxy) is 3. The summed E-state index contributed by atoms with van der Waals surface area (Å²) in [5.41, 5.74) is -0.676. The van der Waals surface area contributed by atoms with Crippen LogP contribution in [0.4, 0.5) is 0 Å². The molecular formula is C24H32ClNO12. The first kappa shape index (κ1) is 38.4. The minimum absolute atomic E-state index is 0.0816. The van der Waals surface area contributed by atoms with Gasteiger partial charge in [0.1, 0.15) is 40.4 Å². The Bertz CT molecular complexity index is 1030. The summed E-state index contributed by atoms with van der Waals surface area (Å²) in [5, 5.41) is -0.0945. The van der Waals surface area contributed by atoms with Gasteiger partial charge in [-0.3, -0.25) is 19.2 Å². The van der Waals surface area contributed by atoms with E-state index in [1.165, 1.54) is 34.5 Å². The Morgan fingerprint density at radius 1 is 1.00 bits per heavy atom. The average Bonchev–Trinajstić information content (AvgIpc) is 2.90. The quantitative estimate of drug-likeness (QED) is 0.148. The molecule has 13 nitrogen and oxygen atoms in total. The van der Waals surface area contributed by atoms with Crippen molar-refractivity contribution in [1.29, 1.82) is 0 Å². The van der Waals surface area contributed by atoms with Gasteiger partial charge in [0, 0.05) is 33.1 Å². The summed E-state index contributed by atoms with van der Waals surface area (Å²) in [6.07, 6.45) is 3.36. The topological polar surface area (TPSA) is 181 Å². The number of carbonyl (C=O) groups excluding carboxylic acids is 7. The second-order valence-electron chi connectivity index (χ2n) is 6.84. The third-order valence-electron chi connectivity index (χ3n) is 3.89. The first-order valence-electron chi connectivity index (χ1n) is 10.7. The predicted octanol–water partition coefficient (Wildman–Crippen LogP) is 1.92. The Kier molecular flexibility index (Phi) is 22.4. The molecule has 0 aromatic carbocycles. The Morgan fingerprint density at radius 3 is 1.89 bits per heavy atom. The number of ketones is 2. The highest BCUT2D eigenvalue weighted by atomic mass is 35.5. The number of carbonyl (C=O) groups is 5. The maximum atomic E-state index is 11.3. The lowest BCUT2D eigenvalue weighted by molar-refractivity contribution is -0.191. The zero-order valence-electron chi connectivity index (χ0n) is 22.5. The second-order valence-corrected chi connectivity index (χ2v) is 7.22. The van der Waals surface area contributed by atoms with Gasteiger partial charge in [0.05, 0.1) is 21.3 Å². The van der Waals surface area contributed by atoms with Gasteiger partial charge in [-0.2, -0.15) is 9.59 Å². The van der Waals surface area contributed by atoms with E-state index in [0.29, 0.717) is 12.8 Å². The summed E-state index contributed by atoms with van der Waals surface area (Å²) in [5.74, 6) is -1.81. The van der Waals surface area contributed by atoms with Gasteiger partial charge in [-0.1, -0.05) is 25.4 Å². The first-order valence-corrected chi connectivity index (χ1v) is 11.0. The van der Waals surface area contributed by atoms with Crippen LogP contribution in [0.25, 0.3) is 0 Å². The molecule has 0 radical (unpaired) electrons. The summed E-state index contributed by atoms with van der Waals surface area (Å²) in [7, 11) is 7.19. The molecule has 0 fully saturated rings. The fraction of sp³-hybridized carbons (Fsp3) is 0.458. The Hall–Kier alpha value is -4.09. The molecule has 0 atom stereocenters. The Morgan fingerprint density at radius 2 is 1.53 bits per heavy atom. The van der Waals surface area contributed by atoms with Gasteiger partial charge in [0.25, 0.3) is 0 Å². The number of esters is 3. The molecule has 38 heavy (non-hydrogen) atoms. The summed E-state index contributed by atoms with van der Waals surface area (Å²) in [6, 6.07) is 0. The number of Topliss-reactive ketones (excluding diaryl/α,β-unsaturated/α-hetero) is 2. The summed E-state index contributed by atoms with van der Waals surface area (Å²) in [6.45, 7) is 4.95. The van der Waals surface area contributed by atoms with Gasteiger partial charge in [0.15, 0.2) is 5.78 Å². The zero-order chi connectivity index (χ0) is 30.4. The number of halogens is 1. The van der Waals surface area contributed by atoms with E-state index < -0.39 is 23.3 Å². The molecule has 1 heterocycles. The normalized spacial score (nSPS) is 9.34. The van der Waals surface area contributed by atoms with Crippen molar-refractivity contribution >= 4 is 47.2 Å². The number of hydrogen-bond donors (Lipinski definition) is 0. The molecule has 1 rings (SSSR count). The minimum Gasteiger partial charge on any atom is -0.469 e. The lowest BCUT2D eigenvalue weighted by Crippen LogP contribution is -2.17. The van der Waals surface area contributed by atoms with Crippen molar-refractivity contribution in [3.8, 4) is 0 Å². The molecule has 0 aliphatic rings. The van der Waals surface area contributed by atoms with Crippen molar-refractivity contribution in [1.82, 2.24) is 4.90 Å². The monoisotopic (exact) mass is 561 g/mol. The van der Waals surface area contributed by atoms with E-state index in [1.807, 2.05) is 0 Å². The fourth-order valence-corrected chi connectivity index (χ4v) is 2.08. The van der Waals surface area contributed by atoms with E-state index in [4.69, 9.17) is 25.6 Å². The van der Waals surface area contributed by atoms with Crippen molar-refractivity contribution < 1.29 is 52.2 Å². The van der Waals surface area contributed by atoms with E-state index >= 15 is 0 Å². The molecule has 0 aliphatic carbocycles. The standard InChI is InChI=1S/C9H15NO3.C8H7ClO4.C6H10O3.CO2/c1-5-8(11)7(6-10(2)3)9(12)13-4;1-4-6(9)7(10)5(3-13-4)8(11)12-2;1-3-5(7)4-6(8)9-2;2-1-3/h6H,5H2,1-4H3;3H,1-2H3;3-4H2,1-2H3;/b7-6-;;;. The molecule has 1 aromatic rings. The van der Waals surface area contributed by atoms with E-state index in [0.717, 1.165) is 6.26 Å². The van der Waals surface area contributed by atoms with Gasteiger partial charge in [-0.25, -0.2) is 9.59 Å². The lowest BCUT2D eigenvalue weighted by atomic mass is 10.1. The van der Waals surface area contributed by atoms with Gasteiger partial charge in [0.2, 0.25) is 5.43 Å². The van der Waals surface area contributed by atoms with E-state index in [2.05, 4.69) is 14.2 Å². The van der Waals surface area contributed by atoms with Crippen LogP contribution in [0.1, 0.15) is 49.2 Å². The number of aryl methyl sites for hydroxylation is 1. The van der Waals surface area contributed by atoms with Crippen molar-refractivity contribution in [3.63, 3.8) is 0 Å². The van der Waals surface area contributed by atoms with Crippen molar-refractivity contribution in [3.05, 3.63) is 44.6 Å². The third-order valence-corrected chi connectivity index (χ3v) is 4.33. The molecule has 0 saturated carbocycles. The van der Waals surface area contributed by atoms with Crippen LogP contribution in [-0.2, 0) is 43.0 Å². The zero-order valence-corrected chi connectivity index (χ0v) is 23.3. The van der Waals surface area contributed by atoms with Gasteiger partial charge >= 0.3 is 24.1 Å². The van der Waals surface area contributed by atoms with Crippen LogP contribution in [0.3, 0.4) is 0 Å². The largest absolute Gasteiger partial charge is 0.469 e. The molecular weight excluding hydrogens is 530 g/mol. The first-order chi connectivity index (χ1) is 17.7. The van der Waals surface area contributed by atoms with E-state index in [-0.39, 0.29) is 46.1 Å². The van der Waals surface area contributed by atoms with Crippen LogP contribution in [0.15, 0.2) is 27.2 Å². The molecule has 0 spiro atoms. The van der Waals surface area contributed by atoms with E-state index in [1.54, 1.807) is 32.8 Å². The van der Waals surface area contributed by atoms with E-state index in [9.17, 15) is 28.8 Å². The number of hydrogen-bond acceptors (Lipinski definition) is 13. The van der Waals surface area contributed by atoms with Crippen molar-refractivity contribution in [2.75, 3.05) is 35.4 Å². The maximum absolute atomic E-state index is 11.3. The SMILES string of the molecule is CCC(=O)/C(=C/N(C)C)C(=O)OC.CCC(=O)CC(=O)OC.COC(=O)c1coc(C)c(Cl)c1=O.O=C=O. The summed E-state index contributed by atoms with van der Waals surface area (Å²) >= 11 is 5.57. The van der Waals surface area contributed by atoms with Gasteiger partial charge < -0.3 is 23.5 Å². The van der Waals surface area contributed by atoms with Crippen LogP contribution in [0.5, 0.6) is 0 Å². The predicted molar refractivity (Wildman–Crippen MR) is 132 cm³/mol. The van der Waals surface area contributed by atoms with Crippen LogP contribution >= 0.6 is 11.6 Å². The highest BCUT2D eigenvalue weighted by Gasteiger charge is 2.17. The van der Waals surface area contributed by atoms with Crippen LogP contribution in [-0.4, -0.2) is 76.0 Å². The molecule has 0 saturated heterocycles. The molecule has 0 N–H and O–H groups in total. The van der Waals surface area contributed by atoms with Gasteiger partial charge in [-0.05, 0) is 6.92 Å². The van der Waals surface area contributed by atoms with Gasteiger partial charge in [-0.15, -0.1) is 0 Å². The number of rotatable bonds is 8. The highest BCUT2D eigenvalue weighted by molar-refractivity contribution is 6.31. The molecule has 0 bridgehead atoms. The maximum Gasteiger partial charge on any atom is 0.373 e. The van der Waals surface area contributed by atoms with Crippen molar-refractivity contribution in [2.45, 2.75) is 40.0 Å². The molecule has 212 valence electrons. The molecule has 0 aliphatic heterocycles. The fourth-order valence-electron chi connectivity index (χ4n) is 1.94. The summed E-state index contributed by atoms with van der Waals surface area (Å²) in [4.78, 5) is 83.3. The molecule has 0 unspecified atom stereocenters. The number of nitrogens with zero attached hydrogens (tertiary/aromatic N) is 1. The average molecular weight is 562 g/mol. The third kappa shape index (κ3) is 16.6. The number of methoxy groups -OCH3 is 3. The van der Waals surface area contributed by atoms with Crippen LogP contribution in [0.2, 0.25) is 5.02 Å². The van der Waals surface area contributed by atoms with Crippen LogP contribution in [0, 0.1) is 6.92 Å². The van der Waals surface area contributed by atoms with Crippen molar-refractivity contribution in [2.24, 2.45) is 0 Å². The Balaban J connectivity index is -0.000000467. The Labute approximate surface area is 224 Å². The smallest absolute Gasteiger partial charge is 0.373 e.